The zero-order chi connectivity index (χ0) is 13.0. The Kier molecular flexibility index (Phi) is 3.88. The lowest BCUT2D eigenvalue weighted by atomic mass is 10.2. The number of halogens is 1. The second kappa shape index (κ2) is 5.59. The van der Waals surface area contributed by atoms with Crippen molar-refractivity contribution in [2.75, 3.05) is 17.7 Å². The van der Waals surface area contributed by atoms with Crippen LogP contribution in [-0.4, -0.2) is 22.9 Å². The zero-order valence-corrected chi connectivity index (χ0v) is 11.2. The average Bonchev–Trinajstić information content (AvgIpc) is 2.41. The van der Waals surface area contributed by atoms with Gasteiger partial charge >= 0.3 is 0 Å². The fourth-order valence-electron chi connectivity index (χ4n) is 1.45. The molecule has 2 aromatic heterocycles. The Balaban J connectivity index is 2.25. The van der Waals surface area contributed by atoms with Gasteiger partial charge in [-0.3, -0.25) is 9.78 Å². The fraction of sp³-hybridized carbons (Fsp3) is 0.0833. The predicted molar refractivity (Wildman–Crippen MR) is 73.7 cm³/mol. The van der Waals surface area contributed by atoms with Gasteiger partial charge in [-0.05, 0) is 34.1 Å². The van der Waals surface area contributed by atoms with Crippen LogP contribution >= 0.6 is 15.9 Å². The molecule has 6 heteroatoms. The van der Waals surface area contributed by atoms with Crippen molar-refractivity contribution in [2.24, 2.45) is 0 Å². The van der Waals surface area contributed by atoms with Crippen molar-refractivity contribution < 1.29 is 4.79 Å². The van der Waals surface area contributed by atoms with Crippen molar-refractivity contribution in [3.8, 4) is 0 Å². The normalized spacial score (nSPS) is 9.89. The van der Waals surface area contributed by atoms with Crippen LogP contribution in [0.1, 0.15) is 10.4 Å². The third-order valence-corrected chi connectivity index (χ3v) is 2.94. The van der Waals surface area contributed by atoms with Crippen LogP contribution in [0.3, 0.4) is 0 Å². The van der Waals surface area contributed by atoms with Gasteiger partial charge in [0, 0.05) is 25.6 Å². The summed E-state index contributed by atoms with van der Waals surface area (Å²) in [5.74, 6) is 0.319. The molecule has 0 saturated heterocycles. The molecule has 2 heterocycles. The van der Waals surface area contributed by atoms with Crippen molar-refractivity contribution in [3.05, 3.63) is 46.8 Å². The first-order valence-electron chi connectivity index (χ1n) is 5.26. The van der Waals surface area contributed by atoms with E-state index >= 15 is 0 Å². The number of nitrogens with one attached hydrogen (secondary N) is 2. The van der Waals surface area contributed by atoms with Gasteiger partial charge in [0.2, 0.25) is 0 Å². The number of rotatable bonds is 3. The van der Waals surface area contributed by atoms with Crippen LogP contribution in [0.15, 0.2) is 41.3 Å². The monoisotopic (exact) mass is 306 g/mol. The lowest BCUT2D eigenvalue weighted by molar-refractivity contribution is 0.102. The molecule has 0 aliphatic rings. The second-order valence-electron chi connectivity index (χ2n) is 3.46. The maximum Gasteiger partial charge on any atom is 0.259 e. The summed E-state index contributed by atoms with van der Waals surface area (Å²) in [6, 6.07) is 5.15. The first-order valence-corrected chi connectivity index (χ1v) is 6.05. The van der Waals surface area contributed by atoms with Gasteiger partial charge in [-0.15, -0.1) is 0 Å². The molecule has 0 atom stereocenters. The molecule has 0 spiro atoms. The number of carbonyl (C=O) groups is 1. The van der Waals surface area contributed by atoms with E-state index < -0.39 is 0 Å². The number of nitrogens with zero attached hydrogens (tertiary/aromatic N) is 2. The maximum atomic E-state index is 12.1. The van der Waals surface area contributed by atoms with E-state index in [2.05, 4.69) is 36.5 Å². The molecule has 0 aliphatic heterocycles. The average molecular weight is 307 g/mol. The Morgan fingerprint density at radius 3 is 2.89 bits per heavy atom. The van der Waals surface area contributed by atoms with E-state index in [1.807, 2.05) is 0 Å². The molecular weight excluding hydrogens is 296 g/mol. The van der Waals surface area contributed by atoms with E-state index in [9.17, 15) is 4.79 Å². The standard InChI is InChI=1S/C12H11BrN4O/c1-14-11-8(3-2-5-16-11)12(18)17-10-4-6-15-7-9(10)13/h2-7H,1H3,(H,14,16)(H,15,17,18). The first kappa shape index (κ1) is 12.5. The van der Waals surface area contributed by atoms with Gasteiger partial charge < -0.3 is 10.6 Å². The van der Waals surface area contributed by atoms with E-state index in [1.54, 1.807) is 43.8 Å². The molecule has 0 saturated carbocycles. The Bertz CT molecular complexity index is 574. The number of pyridine rings is 2. The predicted octanol–water partition coefficient (Wildman–Crippen LogP) is 2.53. The van der Waals surface area contributed by atoms with E-state index in [1.165, 1.54) is 0 Å². The molecule has 0 unspecified atom stereocenters. The summed E-state index contributed by atoms with van der Waals surface area (Å²) in [5, 5.41) is 5.68. The highest BCUT2D eigenvalue weighted by Gasteiger charge is 2.12. The highest BCUT2D eigenvalue weighted by atomic mass is 79.9. The minimum atomic E-state index is -0.223. The number of hydrogen-bond donors (Lipinski definition) is 2. The minimum absolute atomic E-state index is 0.223. The van der Waals surface area contributed by atoms with Crippen LogP contribution in [0.25, 0.3) is 0 Å². The molecule has 1 amide bonds. The van der Waals surface area contributed by atoms with Crippen molar-refractivity contribution in [3.63, 3.8) is 0 Å². The molecule has 2 N–H and O–H groups in total. The maximum absolute atomic E-state index is 12.1. The fourth-order valence-corrected chi connectivity index (χ4v) is 1.80. The van der Waals surface area contributed by atoms with E-state index in [0.717, 1.165) is 4.47 Å². The van der Waals surface area contributed by atoms with Crippen molar-refractivity contribution in [2.45, 2.75) is 0 Å². The van der Waals surface area contributed by atoms with E-state index in [0.29, 0.717) is 17.1 Å². The topological polar surface area (TPSA) is 66.9 Å². The lowest BCUT2D eigenvalue weighted by Crippen LogP contribution is -2.15. The zero-order valence-electron chi connectivity index (χ0n) is 9.64. The Labute approximate surface area is 113 Å². The highest BCUT2D eigenvalue weighted by Crippen LogP contribution is 2.21. The smallest absolute Gasteiger partial charge is 0.259 e. The summed E-state index contributed by atoms with van der Waals surface area (Å²) in [4.78, 5) is 20.1. The Morgan fingerprint density at radius 1 is 1.33 bits per heavy atom. The molecule has 5 nitrogen and oxygen atoms in total. The summed E-state index contributed by atoms with van der Waals surface area (Å²) in [7, 11) is 1.72. The molecule has 0 fully saturated rings. The number of aromatic nitrogens is 2. The molecule has 0 bridgehead atoms. The highest BCUT2D eigenvalue weighted by molar-refractivity contribution is 9.10. The largest absolute Gasteiger partial charge is 0.372 e. The summed E-state index contributed by atoms with van der Waals surface area (Å²) in [5.41, 5.74) is 1.16. The molecule has 18 heavy (non-hydrogen) atoms. The minimum Gasteiger partial charge on any atom is -0.372 e. The van der Waals surface area contributed by atoms with Gasteiger partial charge in [0.15, 0.2) is 0 Å². The number of carbonyl (C=O) groups excluding carboxylic acids is 1. The molecular formula is C12H11BrN4O. The van der Waals surface area contributed by atoms with Gasteiger partial charge in [0.1, 0.15) is 5.82 Å². The molecule has 0 radical (unpaired) electrons. The molecule has 2 aromatic rings. The molecule has 0 aliphatic carbocycles. The number of hydrogen-bond acceptors (Lipinski definition) is 4. The summed E-state index contributed by atoms with van der Waals surface area (Å²) in [6.07, 6.45) is 4.87. The number of amides is 1. The van der Waals surface area contributed by atoms with Crippen LogP contribution in [-0.2, 0) is 0 Å². The second-order valence-corrected chi connectivity index (χ2v) is 4.31. The van der Waals surface area contributed by atoms with Gasteiger partial charge in [0.25, 0.3) is 5.91 Å². The summed E-state index contributed by atoms with van der Waals surface area (Å²) in [6.45, 7) is 0. The van der Waals surface area contributed by atoms with Crippen LogP contribution in [0, 0.1) is 0 Å². The van der Waals surface area contributed by atoms with Crippen molar-refractivity contribution >= 4 is 33.3 Å². The van der Waals surface area contributed by atoms with Gasteiger partial charge in [-0.2, -0.15) is 0 Å². The van der Waals surface area contributed by atoms with Gasteiger partial charge in [-0.25, -0.2) is 4.98 Å². The van der Waals surface area contributed by atoms with Gasteiger partial charge in [-0.1, -0.05) is 0 Å². The third kappa shape index (κ3) is 2.65. The summed E-state index contributed by atoms with van der Waals surface area (Å²) < 4.78 is 0.730. The van der Waals surface area contributed by atoms with Crippen LogP contribution in [0.4, 0.5) is 11.5 Å². The van der Waals surface area contributed by atoms with Crippen LogP contribution in [0.5, 0.6) is 0 Å². The van der Waals surface area contributed by atoms with E-state index in [-0.39, 0.29) is 5.91 Å². The van der Waals surface area contributed by atoms with Crippen LogP contribution < -0.4 is 10.6 Å². The van der Waals surface area contributed by atoms with Crippen LogP contribution in [0.2, 0.25) is 0 Å². The van der Waals surface area contributed by atoms with Crippen molar-refractivity contribution in [1.29, 1.82) is 0 Å². The third-order valence-electron chi connectivity index (χ3n) is 2.31. The Hall–Kier alpha value is -1.95. The number of anilines is 2. The first-order chi connectivity index (χ1) is 8.72. The molecule has 2 rings (SSSR count). The quantitative estimate of drug-likeness (QED) is 0.914. The summed E-state index contributed by atoms with van der Waals surface area (Å²) >= 11 is 3.32. The molecule has 92 valence electrons. The van der Waals surface area contributed by atoms with E-state index in [4.69, 9.17) is 0 Å². The van der Waals surface area contributed by atoms with Crippen molar-refractivity contribution in [1.82, 2.24) is 9.97 Å². The lowest BCUT2D eigenvalue weighted by Gasteiger charge is -2.09. The van der Waals surface area contributed by atoms with Gasteiger partial charge in [0.05, 0.1) is 15.7 Å². The Morgan fingerprint density at radius 2 is 2.17 bits per heavy atom. The SMILES string of the molecule is CNc1ncccc1C(=O)Nc1ccncc1Br. The molecule has 0 aromatic carbocycles.